The summed E-state index contributed by atoms with van der Waals surface area (Å²) in [4.78, 5) is 27.4. The predicted octanol–water partition coefficient (Wildman–Crippen LogP) is 0.466. The normalized spacial score (nSPS) is 18.8. The molecule has 10 nitrogen and oxygen atoms in total. The first-order chi connectivity index (χ1) is 11.6. The minimum atomic E-state index is -0.770. The van der Waals surface area contributed by atoms with E-state index in [-0.39, 0.29) is 18.4 Å². The van der Waals surface area contributed by atoms with Crippen LogP contribution < -0.4 is 21.7 Å². The minimum absolute atomic E-state index is 0.0279. The predicted molar refractivity (Wildman–Crippen MR) is 92.0 cm³/mol. The molecule has 5 N–H and O–H groups in total. The molecule has 24 heavy (non-hydrogen) atoms. The SMILES string of the molecule is NC(=O)C[C@H](NC(=O)NCCOI)c1nc([C@H]2CCCCN2)no1. The van der Waals surface area contributed by atoms with Crippen molar-refractivity contribution in [3.63, 3.8) is 0 Å². The van der Waals surface area contributed by atoms with E-state index in [1.165, 1.54) is 0 Å². The maximum Gasteiger partial charge on any atom is 0.315 e. The highest BCUT2D eigenvalue weighted by atomic mass is 127. The molecule has 11 heteroatoms. The van der Waals surface area contributed by atoms with Gasteiger partial charge in [0.2, 0.25) is 11.8 Å². The van der Waals surface area contributed by atoms with Gasteiger partial charge < -0.3 is 29.3 Å². The molecule has 0 unspecified atom stereocenters. The number of carbonyl (C=O) groups excluding carboxylic acids is 2. The van der Waals surface area contributed by atoms with Gasteiger partial charge in [-0.3, -0.25) is 4.79 Å². The lowest BCUT2D eigenvalue weighted by molar-refractivity contribution is -0.118. The van der Waals surface area contributed by atoms with E-state index < -0.39 is 18.0 Å². The standard InChI is InChI=1S/C13H21IN6O4/c14-23-6-5-17-13(22)18-9(7-10(15)21)12-19-11(20-24-12)8-3-1-2-4-16-8/h8-9,16H,1-7H2,(H2,15,21)(H2,17,18,22)/t8-,9+/m1/s1. The maximum atomic E-state index is 11.9. The zero-order chi connectivity index (χ0) is 17.4. The molecular formula is C13H21IN6O4. The number of carbonyl (C=O) groups is 2. The fourth-order valence-electron chi connectivity index (χ4n) is 2.42. The summed E-state index contributed by atoms with van der Waals surface area (Å²) in [6.07, 6.45) is 3.00. The quantitative estimate of drug-likeness (QED) is 0.332. The largest absolute Gasteiger partial charge is 0.370 e. The van der Waals surface area contributed by atoms with Crippen molar-refractivity contribution in [2.24, 2.45) is 5.73 Å². The molecular weight excluding hydrogens is 431 g/mol. The first kappa shape index (κ1) is 18.9. The number of nitrogens with zero attached hydrogens (tertiary/aromatic N) is 2. The van der Waals surface area contributed by atoms with Crippen LogP contribution in [0.1, 0.15) is 49.5 Å². The lowest BCUT2D eigenvalue weighted by Gasteiger charge is -2.20. The molecule has 0 aliphatic carbocycles. The second-order valence-corrected chi connectivity index (χ2v) is 6.05. The van der Waals surface area contributed by atoms with Gasteiger partial charge >= 0.3 is 6.03 Å². The lowest BCUT2D eigenvalue weighted by atomic mass is 10.0. The Morgan fingerprint density at radius 2 is 2.33 bits per heavy atom. The number of halogens is 1. The number of hydrogen-bond donors (Lipinski definition) is 4. The molecule has 2 rings (SSSR count). The van der Waals surface area contributed by atoms with Crippen molar-refractivity contribution in [3.05, 3.63) is 11.7 Å². The minimum Gasteiger partial charge on any atom is -0.370 e. The Morgan fingerprint density at radius 3 is 3.00 bits per heavy atom. The van der Waals surface area contributed by atoms with Gasteiger partial charge in [-0.25, -0.2) is 4.79 Å². The van der Waals surface area contributed by atoms with E-state index in [2.05, 4.69) is 26.1 Å². The van der Waals surface area contributed by atoms with Crippen molar-refractivity contribution in [1.82, 2.24) is 26.1 Å². The molecule has 0 aromatic carbocycles. The summed E-state index contributed by atoms with van der Waals surface area (Å²) in [6, 6.07) is -1.21. The Morgan fingerprint density at radius 1 is 1.50 bits per heavy atom. The van der Waals surface area contributed by atoms with Crippen LogP contribution in [-0.2, 0) is 7.86 Å². The van der Waals surface area contributed by atoms with Crippen molar-refractivity contribution in [3.8, 4) is 0 Å². The first-order valence-corrected chi connectivity index (χ1v) is 8.61. The fourth-order valence-corrected chi connectivity index (χ4v) is 2.64. The van der Waals surface area contributed by atoms with Gasteiger partial charge in [-0.2, -0.15) is 4.98 Å². The Labute approximate surface area is 153 Å². The number of rotatable bonds is 8. The van der Waals surface area contributed by atoms with Gasteiger partial charge in [0.15, 0.2) is 5.82 Å². The molecule has 0 radical (unpaired) electrons. The topological polar surface area (TPSA) is 144 Å². The van der Waals surface area contributed by atoms with Gasteiger partial charge in [-0.1, -0.05) is 11.6 Å². The summed E-state index contributed by atoms with van der Waals surface area (Å²) in [5.74, 6) is 0.114. The van der Waals surface area contributed by atoms with Crippen molar-refractivity contribution in [1.29, 1.82) is 0 Å². The van der Waals surface area contributed by atoms with Crippen LogP contribution in [0, 0.1) is 0 Å². The highest BCUT2D eigenvalue weighted by molar-refractivity contribution is 14.1. The zero-order valence-corrected chi connectivity index (χ0v) is 15.2. The van der Waals surface area contributed by atoms with Crippen molar-refractivity contribution in [2.45, 2.75) is 37.8 Å². The molecule has 134 valence electrons. The molecule has 1 aromatic heterocycles. The molecule has 0 saturated carbocycles. The molecule has 1 aliphatic rings. The van der Waals surface area contributed by atoms with Crippen molar-refractivity contribution in [2.75, 3.05) is 19.7 Å². The number of nitrogens with two attached hydrogens (primary N) is 1. The summed E-state index contributed by atoms with van der Waals surface area (Å²) >= 11 is 1.74. The van der Waals surface area contributed by atoms with Crippen LogP contribution in [-0.4, -0.2) is 41.8 Å². The maximum absolute atomic E-state index is 11.9. The van der Waals surface area contributed by atoms with Crippen LogP contribution in [0.2, 0.25) is 0 Å². The molecule has 1 aliphatic heterocycles. The third-order valence-corrected chi connectivity index (χ3v) is 3.99. The summed E-state index contributed by atoms with van der Waals surface area (Å²) < 4.78 is 10.1. The number of urea groups is 1. The molecule has 1 aromatic rings. The Balaban J connectivity index is 2.00. The summed E-state index contributed by atoms with van der Waals surface area (Å²) in [7, 11) is 0. The molecule has 0 spiro atoms. The van der Waals surface area contributed by atoms with Crippen LogP contribution in [0.4, 0.5) is 4.79 Å². The molecule has 3 amide bonds. The van der Waals surface area contributed by atoms with Crippen LogP contribution in [0.5, 0.6) is 0 Å². The highest BCUT2D eigenvalue weighted by Gasteiger charge is 2.26. The van der Waals surface area contributed by atoms with Crippen LogP contribution in [0.25, 0.3) is 0 Å². The molecule has 1 saturated heterocycles. The van der Waals surface area contributed by atoms with Crippen LogP contribution in [0.15, 0.2) is 4.52 Å². The van der Waals surface area contributed by atoms with E-state index in [9.17, 15) is 9.59 Å². The van der Waals surface area contributed by atoms with Crippen LogP contribution >= 0.6 is 23.0 Å². The number of nitrogens with one attached hydrogen (secondary N) is 3. The van der Waals surface area contributed by atoms with Crippen LogP contribution in [0.3, 0.4) is 0 Å². The van der Waals surface area contributed by atoms with Gasteiger partial charge in [0.25, 0.3) is 0 Å². The number of amides is 3. The van der Waals surface area contributed by atoms with E-state index >= 15 is 0 Å². The highest BCUT2D eigenvalue weighted by Crippen LogP contribution is 2.22. The van der Waals surface area contributed by atoms with E-state index in [1.54, 1.807) is 23.0 Å². The number of hydrogen-bond acceptors (Lipinski definition) is 7. The van der Waals surface area contributed by atoms with Crippen molar-refractivity contribution < 1.29 is 17.2 Å². The van der Waals surface area contributed by atoms with Gasteiger partial charge in [0, 0.05) is 6.54 Å². The zero-order valence-electron chi connectivity index (χ0n) is 13.1. The lowest BCUT2D eigenvalue weighted by Crippen LogP contribution is -2.40. The van der Waals surface area contributed by atoms with Gasteiger partial charge in [-0.15, -0.1) is 0 Å². The average Bonchev–Trinajstić information content (AvgIpc) is 3.05. The van der Waals surface area contributed by atoms with E-state index in [0.29, 0.717) is 19.0 Å². The third kappa shape index (κ3) is 5.87. The van der Waals surface area contributed by atoms with Gasteiger partial charge in [-0.05, 0) is 19.4 Å². The first-order valence-electron chi connectivity index (χ1n) is 7.73. The van der Waals surface area contributed by atoms with Crippen molar-refractivity contribution >= 4 is 34.9 Å². The van der Waals surface area contributed by atoms with E-state index in [4.69, 9.17) is 13.3 Å². The molecule has 2 atom stereocenters. The monoisotopic (exact) mass is 452 g/mol. The second kappa shape index (κ2) is 9.74. The second-order valence-electron chi connectivity index (χ2n) is 5.43. The average molecular weight is 452 g/mol. The molecule has 0 bridgehead atoms. The Bertz CT molecular complexity index is 548. The third-order valence-electron chi connectivity index (χ3n) is 3.55. The summed E-state index contributed by atoms with van der Waals surface area (Å²) in [5.41, 5.74) is 5.24. The summed E-state index contributed by atoms with van der Waals surface area (Å²) in [6.45, 7) is 1.60. The summed E-state index contributed by atoms with van der Waals surface area (Å²) in [5, 5.41) is 12.5. The number of piperidine rings is 1. The van der Waals surface area contributed by atoms with Gasteiger partial charge in [0.05, 0.1) is 19.1 Å². The van der Waals surface area contributed by atoms with E-state index in [0.717, 1.165) is 25.8 Å². The molecule has 1 fully saturated rings. The Hall–Kier alpha value is -1.47. The molecule has 2 heterocycles. The Kier molecular flexibility index (Phi) is 7.65. The smallest absolute Gasteiger partial charge is 0.315 e. The van der Waals surface area contributed by atoms with E-state index in [1.807, 2.05) is 0 Å². The fraction of sp³-hybridized carbons (Fsp3) is 0.692. The number of primary amides is 1. The number of aromatic nitrogens is 2. The van der Waals surface area contributed by atoms with Gasteiger partial charge in [0.1, 0.15) is 29.0 Å².